The molecule has 0 aliphatic heterocycles. The lowest BCUT2D eigenvalue weighted by Crippen LogP contribution is -2.14. The average Bonchev–Trinajstić information content (AvgIpc) is 3.09. The number of nitrogens with one attached hydrogen (secondary N) is 1. The first-order valence-corrected chi connectivity index (χ1v) is 10.6. The number of benzene rings is 2. The van der Waals surface area contributed by atoms with E-state index in [0.717, 1.165) is 17.5 Å². The Morgan fingerprint density at radius 2 is 1.74 bits per heavy atom. The number of halogens is 1. The predicted molar refractivity (Wildman–Crippen MR) is 109 cm³/mol. The minimum Gasteiger partial charge on any atom is -0.266 e. The normalized spacial score (nSPS) is 12.7. The molecule has 1 atom stereocenters. The molecule has 0 amide bonds. The fourth-order valence-electron chi connectivity index (χ4n) is 2.69. The molecule has 1 heterocycles. The van der Waals surface area contributed by atoms with Gasteiger partial charge in [-0.1, -0.05) is 49.7 Å². The summed E-state index contributed by atoms with van der Waals surface area (Å²) in [7, 11) is -3.67. The van der Waals surface area contributed by atoms with E-state index in [-0.39, 0.29) is 10.7 Å². The molecular formula is C20H22ClN3O2S. The number of hydrogen-bond acceptors (Lipinski definition) is 3. The highest BCUT2D eigenvalue weighted by atomic mass is 35.5. The molecule has 1 N–H and O–H groups in total. The summed E-state index contributed by atoms with van der Waals surface area (Å²) in [5.74, 6) is 0.688. The lowest BCUT2D eigenvalue weighted by Gasteiger charge is -2.10. The molecular weight excluding hydrogens is 382 g/mol. The molecule has 142 valence electrons. The smallest absolute Gasteiger partial charge is 0.263 e. The summed E-state index contributed by atoms with van der Waals surface area (Å²) in [5.41, 5.74) is 2.15. The van der Waals surface area contributed by atoms with Gasteiger partial charge in [0.1, 0.15) is 0 Å². The topological polar surface area (TPSA) is 64.0 Å². The predicted octanol–water partition coefficient (Wildman–Crippen LogP) is 4.90. The Morgan fingerprint density at radius 1 is 1.07 bits per heavy atom. The van der Waals surface area contributed by atoms with E-state index in [2.05, 4.69) is 23.7 Å². The Morgan fingerprint density at radius 3 is 2.37 bits per heavy atom. The second kappa shape index (κ2) is 8.15. The second-order valence-corrected chi connectivity index (χ2v) is 8.63. The molecule has 0 spiro atoms. The van der Waals surface area contributed by atoms with Crippen molar-refractivity contribution in [3.8, 4) is 0 Å². The van der Waals surface area contributed by atoms with Crippen LogP contribution < -0.4 is 4.72 Å². The van der Waals surface area contributed by atoms with Crippen LogP contribution in [0.25, 0.3) is 0 Å². The van der Waals surface area contributed by atoms with Gasteiger partial charge in [0.05, 0.1) is 11.4 Å². The van der Waals surface area contributed by atoms with E-state index in [0.29, 0.717) is 17.5 Å². The highest BCUT2D eigenvalue weighted by Gasteiger charge is 2.16. The van der Waals surface area contributed by atoms with Crippen LogP contribution in [0.3, 0.4) is 0 Å². The summed E-state index contributed by atoms with van der Waals surface area (Å²) in [5, 5.41) is 4.96. The van der Waals surface area contributed by atoms with Crippen molar-refractivity contribution in [2.75, 3.05) is 4.72 Å². The molecule has 3 rings (SSSR count). The van der Waals surface area contributed by atoms with E-state index in [1.165, 1.54) is 0 Å². The Hall–Kier alpha value is -2.31. The molecule has 1 aromatic heterocycles. The van der Waals surface area contributed by atoms with Crippen molar-refractivity contribution in [1.29, 1.82) is 0 Å². The first kappa shape index (κ1) is 19.5. The van der Waals surface area contributed by atoms with Gasteiger partial charge in [-0.3, -0.25) is 9.40 Å². The first-order chi connectivity index (χ1) is 12.9. The standard InChI is InChI=1S/C20H22ClN3O2S/c1-3-15(2)17-6-10-19(11-7-17)27(25,26)23-20-12-13-24(22-20)14-16-4-8-18(21)9-5-16/h4-13,15H,3,14H2,1-2H3,(H,22,23). The molecule has 0 bridgehead atoms. The molecule has 0 saturated heterocycles. The average molecular weight is 404 g/mol. The molecule has 0 aliphatic carbocycles. The van der Waals surface area contributed by atoms with Gasteiger partial charge in [0.25, 0.3) is 10.0 Å². The summed E-state index contributed by atoms with van der Waals surface area (Å²) in [6.45, 7) is 4.76. The quantitative estimate of drug-likeness (QED) is 0.610. The Labute approximate surface area is 165 Å². The van der Waals surface area contributed by atoms with E-state index in [4.69, 9.17) is 11.6 Å². The maximum Gasteiger partial charge on any atom is 0.263 e. The largest absolute Gasteiger partial charge is 0.266 e. The minimum atomic E-state index is -3.67. The fraction of sp³-hybridized carbons (Fsp3) is 0.250. The Balaban J connectivity index is 1.70. The molecule has 0 saturated carbocycles. The lowest BCUT2D eigenvalue weighted by molar-refractivity contribution is 0.600. The molecule has 0 radical (unpaired) electrons. The summed E-state index contributed by atoms with van der Waals surface area (Å²) in [4.78, 5) is 0.224. The van der Waals surface area contributed by atoms with E-state index in [1.807, 2.05) is 36.4 Å². The van der Waals surface area contributed by atoms with Crippen molar-refractivity contribution >= 4 is 27.4 Å². The zero-order valence-corrected chi connectivity index (χ0v) is 16.8. The second-order valence-electron chi connectivity index (χ2n) is 6.51. The molecule has 2 aromatic carbocycles. The molecule has 27 heavy (non-hydrogen) atoms. The summed E-state index contributed by atoms with van der Waals surface area (Å²) >= 11 is 5.89. The third-order valence-electron chi connectivity index (χ3n) is 4.51. The number of aromatic nitrogens is 2. The zero-order chi connectivity index (χ0) is 19.4. The van der Waals surface area contributed by atoms with Gasteiger partial charge in [-0.25, -0.2) is 8.42 Å². The summed E-state index contributed by atoms with van der Waals surface area (Å²) in [6, 6.07) is 16.1. The SMILES string of the molecule is CCC(C)c1ccc(S(=O)(=O)Nc2ccn(Cc3ccc(Cl)cc3)n2)cc1. The van der Waals surface area contributed by atoms with Gasteiger partial charge >= 0.3 is 0 Å². The molecule has 7 heteroatoms. The fourth-order valence-corrected chi connectivity index (χ4v) is 3.81. The van der Waals surface area contributed by atoms with Crippen LogP contribution in [0.4, 0.5) is 5.82 Å². The third kappa shape index (κ3) is 4.90. The van der Waals surface area contributed by atoms with Crippen LogP contribution in [0.5, 0.6) is 0 Å². The van der Waals surface area contributed by atoms with Gasteiger partial charge < -0.3 is 0 Å². The number of anilines is 1. The van der Waals surface area contributed by atoms with Gasteiger partial charge in [0, 0.05) is 17.3 Å². The van der Waals surface area contributed by atoms with Crippen LogP contribution in [0.2, 0.25) is 5.02 Å². The van der Waals surface area contributed by atoms with Crippen molar-refractivity contribution in [3.63, 3.8) is 0 Å². The maximum absolute atomic E-state index is 12.6. The van der Waals surface area contributed by atoms with E-state index >= 15 is 0 Å². The number of rotatable bonds is 7. The van der Waals surface area contributed by atoms with Crippen molar-refractivity contribution in [2.45, 2.75) is 37.6 Å². The number of hydrogen-bond donors (Lipinski definition) is 1. The monoisotopic (exact) mass is 403 g/mol. The van der Waals surface area contributed by atoms with E-state index in [9.17, 15) is 8.42 Å². The summed E-state index contributed by atoms with van der Waals surface area (Å²) in [6.07, 6.45) is 2.74. The van der Waals surface area contributed by atoms with Crippen LogP contribution in [-0.2, 0) is 16.6 Å². The van der Waals surface area contributed by atoms with Crippen LogP contribution in [0.15, 0.2) is 65.7 Å². The van der Waals surface area contributed by atoms with Crippen LogP contribution in [-0.4, -0.2) is 18.2 Å². The van der Waals surface area contributed by atoms with Crippen molar-refractivity contribution in [3.05, 3.63) is 76.9 Å². The summed E-state index contributed by atoms with van der Waals surface area (Å²) < 4.78 is 29.4. The van der Waals surface area contributed by atoms with E-state index < -0.39 is 10.0 Å². The third-order valence-corrected chi connectivity index (χ3v) is 6.13. The number of nitrogens with zero attached hydrogens (tertiary/aromatic N) is 2. The van der Waals surface area contributed by atoms with Crippen LogP contribution >= 0.6 is 11.6 Å². The number of sulfonamides is 1. The minimum absolute atomic E-state index is 0.224. The highest BCUT2D eigenvalue weighted by Crippen LogP contribution is 2.21. The lowest BCUT2D eigenvalue weighted by atomic mass is 9.99. The van der Waals surface area contributed by atoms with Gasteiger partial charge in [-0.15, -0.1) is 0 Å². The molecule has 3 aromatic rings. The van der Waals surface area contributed by atoms with E-state index in [1.54, 1.807) is 29.1 Å². The van der Waals surface area contributed by atoms with Crippen molar-refractivity contribution < 1.29 is 8.42 Å². The molecule has 0 aliphatic rings. The zero-order valence-electron chi connectivity index (χ0n) is 15.3. The molecule has 5 nitrogen and oxygen atoms in total. The molecule has 1 unspecified atom stereocenters. The van der Waals surface area contributed by atoms with Crippen LogP contribution in [0, 0.1) is 0 Å². The maximum atomic E-state index is 12.6. The Bertz CT molecular complexity index is 996. The Kier molecular flexibility index (Phi) is 5.87. The molecule has 0 fully saturated rings. The van der Waals surface area contributed by atoms with Gasteiger partial charge in [0.15, 0.2) is 5.82 Å². The van der Waals surface area contributed by atoms with Gasteiger partial charge in [-0.05, 0) is 47.7 Å². The van der Waals surface area contributed by atoms with Crippen LogP contribution in [0.1, 0.15) is 37.3 Å². The van der Waals surface area contributed by atoms with Crippen molar-refractivity contribution in [1.82, 2.24) is 9.78 Å². The van der Waals surface area contributed by atoms with Gasteiger partial charge in [0.2, 0.25) is 0 Å². The van der Waals surface area contributed by atoms with Crippen molar-refractivity contribution in [2.24, 2.45) is 0 Å². The highest BCUT2D eigenvalue weighted by molar-refractivity contribution is 7.92. The van der Waals surface area contributed by atoms with Gasteiger partial charge in [-0.2, -0.15) is 5.10 Å². The first-order valence-electron chi connectivity index (χ1n) is 8.78.